The molecule has 142 valence electrons. The van der Waals surface area contributed by atoms with E-state index in [9.17, 15) is 4.79 Å². The van der Waals surface area contributed by atoms with Gasteiger partial charge in [-0.05, 0) is 42.0 Å². The van der Waals surface area contributed by atoms with Gasteiger partial charge in [0.15, 0.2) is 5.78 Å². The van der Waals surface area contributed by atoms with E-state index >= 15 is 0 Å². The zero-order chi connectivity index (χ0) is 19.2. The minimum absolute atomic E-state index is 0.112. The van der Waals surface area contributed by atoms with Crippen molar-refractivity contribution < 1.29 is 9.53 Å². The van der Waals surface area contributed by atoms with Crippen molar-refractivity contribution in [1.29, 1.82) is 0 Å². The Kier molecular flexibility index (Phi) is 7.25. The van der Waals surface area contributed by atoms with Crippen LogP contribution in [0.1, 0.15) is 21.5 Å². The third-order valence-electron chi connectivity index (χ3n) is 4.43. The van der Waals surface area contributed by atoms with E-state index < -0.39 is 0 Å². The van der Waals surface area contributed by atoms with E-state index in [1.54, 1.807) is 31.4 Å². The van der Waals surface area contributed by atoms with E-state index in [0.717, 1.165) is 36.5 Å². The molecule has 0 N–H and O–H groups in total. The van der Waals surface area contributed by atoms with Crippen LogP contribution in [0.25, 0.3) is 6.08 Å². The van der Waals surface area contributed by atoms with Crippen LogP contribution < -0.4 is 4.74 Å². The molecule has 2 aromatic rings. The number of halogens is 2. The van der Waals surface area contributed by atoms with Gasteiger partial charge >= 0.3 is 0 Å². The Hall–Kier alpha value is -1.46. The van der Waals surface area contributed by atoms with Crippen LogP contribution in [0, 0.1) is 0 Å². The minimum Gasteiger partial charge on any atom is -0.496 e. The summed E-state index contributed by atoms with van der Waals surface area (Å²) in [6.45, 7) is 3.03. The normalized spacial score (nSPS) is 15.2. The second-order valence-corrected chi connectivity index (χ2v) is 8.33. The number of methoxy groups -OCH3 is 1. The molecule has 1 fully saturated rings. The van der Waals surface area contributed by atoms with Gasteiger partial charge in [0, 0.05) is 42.3 Å². The molecule has 0 spiro atoms. The van der Waals surface area contributed by atoms with E-state index in [1.165, 1.54) is 11.5 Å². The number of carbonyl (C=O) groups is 1. The molecule has 1 aliphatic rings. The highest BCUT2D eigenvalue weighted by atomic mass is 35.5. The van der Waals surface area contributed by atoms with Crippen molar-refractivity contribution in [2.45, 2.75) is 6.54 Å². The summed E-state index contributed by atoms with van der Waals surface area (Å²) < 4.78 is 5.51. The number of allylic oxidation sites excluding steroid dienone is 1. The van der Waals surface area contributed by atoms with Crippen LogP contribution in [0.5, 0.6) is 5.75 Å². The van der Waals surface area contributed by atoms with Gasteiger partial charge in [-0.3, -0.25) is 9.69 Å². The van der Waals surface area contributed by atoms with Gasteiger partial charge in [-0.2, -0.15) is 11.8 Å². The summed E-state index contributed by atoms with van der Waals surface area (Å²) in [5.74, 6) is 3.10. The van der Waals surface area contributed by atoms with E-state index in [2.05, 4.69) is 11.0 Å². The molecule has 6 heteroatoms. The number of hydrogen-bond donors (Lipinski definition) is 0. The summed E-state index contributed by atoms with van der Waals surface area (Å²) in [5, 5.41) is 0.815. The number of ketones is 1. The second-order valence-electron chi connectivity index (χ2n) is 6.29. The van der Waals surface area contributed by atoms with Crippen LogP contribution in [0.2, 0.25) is 10.0 Å². The number of benzene rings is 2. The molecule has 2 aromatic carbocycles. The average Bonchev–Trinajstić information content (AvgIpc) is 2.69. The summed E-state index contributed by atoms with van der Waals surface area (Å²) in [4.78, 5) is 14.8. The van der Waals surface area contributed by atoms with Crippen molar-refractivity contribution in [2.75, 3.05) is 31.7 Å². The van der Waals surface area contributed by atoms with Gasteiger partial charge in [0.25, 0.3) is 0 Å². The first-order valence-electron chi connectivity index (χ1n) is 8.71. The van der Waals surface area contributed by atoms with Crippen molar-refractivity contribution in [3.8, 4) is 5.75 Å². The van der Waals surface area contributed by atoms with Crippen molar-refractivity contribution in [3.63, 3.8) is 0 Å². The summed E-state index contributed by atoms with van der Waals surface area (Å²) in [6, 6.07) is 10.9. The Labute approximate surface area is 174 Å². The summed E-state index contributed by atoms with van der Waals surface area (Å²) in [5.41, 5.74) is 2.61. The molecule has 1 aliphatic heterocycles. The monoisotopic (exact) mass is 421 g/mol. The smallest absolute Gasteiger partial charge is 0.185 e. The molecule has 27 heavy (non-hydrogen) atoms. The Morgan fingerprint density at radius 3 is 2.63 bits per heavy atom. The van der Waals surface area contributed by atoms with E-state index in [-0.39, 0.29) is 5.78 Å². The lowest BCUT2D eigenvalue weighted by atomic mass is 10.1. The Bertz CT molecular complexity index is 848. The third kappa shape index (κ3) is 5.52. The highest BCUT2D eigenvalue weighted by Gasteiger charge is 2.13. The Morgan fingerprint density at radius 1 is 1.15 bits per heavy atom. The van der Waals surface area contributed by atoms with Crippen LogP contribution in [-0.2, 0) is 6.54 Å². The van der Waals surface area contributed by atoms with Gasteiger partial charge < -0.3 is 4.74 Å². The summed E-state index contributed by atoms with van der Waals surface area (Å²) in [7, 11) is 1.69. The first-order chi connectivity index (χ1) is 13.1. The minimum atomic E-state index is -0.112. The van der Waals surface area contributed by atoms with E-state index in [1.807, 2.05) is 30.0 Å². The molecule has 0 aromatic heterocycles. The molecular weight excluding hydrogens is 401 g/mol. The first-order valence-corrected chi connectivity index (χ1v) is 10.6. The van der Waals surface area contributed by atoms with Crippen LogP contribution in [-0.4, -0.2) is 42.4 Å². The highest BCUT2D eigenvalue weighted by molar-refractivity contribution is 7.99. The first kappa shape index (κ1) is 20.3. The highest BCUT2D eigenvalue weighted by Crippen LogP contribution is 2.25. The molecule has 1 saturated heterocycles. The molecule has 0 amide bonds. The fourth-order valence-electron chi connectivity index (χ4n) is 2.94. The van der Waals surface area contributed by atoms with E-state index in [0.29, 0.717) is 15.6 Å². The van der Waals surface area contributed by atoms with Crippen LogP contribution >= 0.6 is 35.0 Å². The van der Waals surface area contributed by atoms with Crippen molar-refractivity contribution in [1.82, 2.24) is 4.90 Å². The number of ether oxygens (including phenoxy) is 1. The molecule has 0 atom stereocenters. The number of rotatable bonds is 6. The topological polar surface area (TPSA) is 29.5 Å². The van der Waals surface area contributed by atoms with Gasteiger partial charge in [-0.15, -0.1) is 0 Å². The molecule has 1 heterocycles. The zero-order valence-electron chi connectivity index (χ0n) is 15.1. The molecule has 0 unspecified atom stereocenters. The van der Waals surface area contributed by atoms with Crippen LogP contribution in [0.15, 0.2) is 42.5 Å². The van der Waals surface area contributed by atoms with Crippen LogP contribution in [0.4, 0.5) is 0 Å². The zero-order valence-corrected chi connectivity index (χ0v) is 17.4. The average molecular weight is 422 g/mol. The number of thioether (sulfide) groups is 1. The lowest BCUT2D eigenvalue weighted by Crippen LogP contribution is -2.32. The molecule has 0 aliphatic carbocycles. The van der Waals surface area contributed by atoms with Crippen molar-refractivity contribution in [2.24, 2.45) is 0 Å². The van der Waals surface area contributed by atoms with Crippen molar-refractivity contribution >= 4 is 46.8 Å². The molecular formula is C21H21Cl2NO2S. The predicted octanol–water partition coefficient (Wildman–Crippen LogP) is 5.45. The molecule has 3 nitrogen and oxygen atoms in total. The predicted molar refractivity (Wildman–Crippen MR) is 115 cm³/mol. The number of carbonyl (C=O) groups excluding carboxylic acids is 1. The van der Waals surface area contributed by atoms with E-state index in [4.69, 9.17) is 27.9 Å². The van der Waals surface area contributed by atoms with Gasteiger partial charge in [0.2, 0.25) is 0 Å². The van der Waals surface area contributed by atoms with Gasteiger partial charge in [-0.25, -0.2) is 0 Å². The molecule has 0 saturated carbocycles. The fourth-order valence-corrected chi connectivity index (χ4v) is 4.22. The third-order valence-corrected chi connectivity index (χ3v) is 6.11. The number of nitrogens with zero attached hydrogens (tertiary/aromatic N) is 1. The maximum atomic E-state index is 12.4. The Balaban J connectivity index is 1.75. The molecule has 0 radical (unpaired) electrons. The maximum Gasteiger partial charge on any atom is 0.185 e. The molecule has 3 rings (SSSR count). The van der Waals surface area contributed by atoms with Crippen molar-refractivity contribution in [3.05, 3.63) is 69.2 Å². The summed E-state index contributed by atoms with van der Waals surface area (Å²) in [6.07, 6.45) is 3.38. The van der Waals surface area contributed by atoms with Gasteiger partial charge in [0.05, 0.1) is 17.2 Å². The maximum absolute atomic E-state index is 12.4. The van der Waals surface area contributed by atoms with Gasteiger partial charge in [-0.1, -0.05) is 35.3 Å². The summed E-state index contributed by atoms with van der Waals surface area (Å²) >= 11 is 13.9. The SMILES string of the molecule is COc1ccc(/C=C/C(=O)c2ccc(Cl)c(Cl)c2)cc1CN1CCSCC1. The number of hydrogen-bond acceptors (Lipinski definition) is 4. The Morgan fingerprint density at radius 2 is 1.93 bits per heavy atom. The fraction of sp³-hybridized carbons (Fsp3) is 0.286. The largest absolute Gasteiger partial charge is 0.496 e. The molecule has 0 bridgehead atoms. The second kappa shape index (κ2) is 9.65. The standard InChI is InChI=1S/C21H21Cl2NO2S/c1-26-21-7-3-15(12-17(21)14-24-8-10-27-11-9-24)2-6-20(25)16-4-5-18(22)19(23)13-16/h2-7,12-13H,8-11,14H2,1H3/b6-2+. The quantitative estimate of drug-likeness (QED) is 0.458. The lowest BCUT2D eigenvalue weighted by molar-refractivity contribution is 0.104. The van der Waals surface area contributed by atoms with Gasteiger partial charge in [0.1, 0.15) is 5.75 Å². The lowest BCUT2D eigenvalue weighted by Gasteiger charge is -2.26. The van der Waals surface area contributed by atoms with Crippen LogP contribution in [0.3, 0.4) is 0 Å².